The number of rotatable bonds is 7. The first kappa shape index (κ1) is 17.3. The van der Waals surface area contributed by atoms with Gasteiger partial charge in [0.15, 0.2) is 0 Å². The van der Waals surface area contributed by atoms with Crippen molar-refractivity contribution in [2.75, 3.05) is 12.8 Å². The molecule has 108 valence electrons. The van der Waals surface area contributed by atoms with Gasteiger partial charge in [0.2, 0.25) is 15.9 Å². The summed E-state index contributed by atoms with van der Waals surface area (Å²) in [7, 11) is -3.30. The molecule has 0 bridgehead atoms. The molecule has 0 aliphatic heterocycles. The predicted octanol–water partition coefficient (Wildman–Crippen LogP) is -0.196. The number of hydrogen-bond donors (Lipinski definition) is 3. The minimum absolute atomic E-state index is 0.0935. The SMILES string of the molecule is CCC(C)C(N)C(=O)NCC(C)(C)NS(C)(=O)=O. The Morgan fingerprint density at radius 2 is 1.89 bits per heavy atom. The Bertz CT molecular complexity index is 379. The molecule has 1 amide bonds. The zero-order valence-corrected chi connectivity index (χ0v) is 12.6. The zero-order chi connectivity index (χ0) is 14.6. The van der Waals surface area contributed by atoms with E-state index in [1.165, 1.54) is 0 Å². The van der Waals surface area contributed by atoms with Crippen molar-refractivity contribution in [1.82, 2.24) is 10.0 Å². The summed E-state index contributed by atoms with van der Waals surface area (Å²) in [5, 5.41) is 2.67. The maximum absolute atomic E-state index is 11.7. The van der Waals surface area contributed by atoms with Gasteiger partial charge in [0.05, 0.1) is 12.3 Å². The van der Waals surface area contributed by atoms with E-state index in [0.29, 0.717) is 0 Å². The van der Waals surface area contributed by atoms with Crippen LogP contribution in [0.25, 0.3) is 0 Å². The average molecular weight is 279 g/mol. The van der Waals surface area contributed by atoms with Crippen molar-refractivity contribution in [3.8, 4) is 0 Å². The second kappa shape index (κ2) is 6.49. The van der Waals surface area contributed by atoms with Crippen LogP contribution in [0.5, 0.6) is 0 Å². The zero-order valence-electron chi connectivity index (χ0n) is 11.8. The van der Waals surface area contributed by atoms with Gasteiger partial charge in [0, 0.05) is 12.1 Å². The van der Waals surface area contributed by atoms with Crippen molar-refractivity contribution in [2.45, 2.75) is 45.7 Å². The molecule has 0 heterocycles. The summed E-state index contributed by atoms with van der Waals surface area (Å²) in [6, 6.07) is -0.566. The van der Waals surface area contributed by atoms with E-state index in [1.54, 1.807) is 13.8 Å². The molecule has 0 aliphatic carbocycles. The summed E-state index contributed by atoms with van der Waals surface area (Å²) < 4.78 is 24.7. The predicted molar refractivity (Wildman–Crippen MR) is 72.5 cm³/mol. The summed E-state index contributed by atoms with van der Waals surface area (Å²) >= 11 is 0. The molecular formula is C11H25N3O3S. The topological polar surface area (TPSA) is 101 Å². The molecule has 0 radical (unpaired) electrons. The molecule has 0 aromatic carbocycles. The molecule has 0 aliphatic rings. The maximum atomic E-state index is 11.7. The number of amides is 1. The van der Waals surface area contributed by atoms with E-state index in [9.17, 15) is 13.2 Å². The average Bonchev–Trinajstić information content (AvgIpc) is 2.20. The van der Waals surface area contributed by atoms with Crippen molar-refractivity contribution in [3.05, 3.63) is 0 Å². The van der Waals surface area contributed by atoms with Crippen LogP contribution in [0.1, 0.15) is 34.1 Å². The smallest absolute Gasteiger partial charge is 0.237 e. The lowest BCUT2D eigenvalue weighted by Crippen LogP contribution is -2.54. The van der Waals surface area contributed by atoms with E-state index < -0.39 is 21.6 Å². The Labute approximate surface area is 110 Å². The quantitative estimate of drug-likeness (QED) is 0.601. The molecule has 7 heteroatoms. The highest BCUT2D eigenvalue weighted by atomic mass is 32.2. The highest BCUT2D eigenvalue weighted by molar-refractivity contribution is 7.88. The molecule has 4 N–H and O–H groups in total. The van der Waals surface area contributed by atoms with Gasteiger partial charge in [-0.05, 0) is 19.8 Å². The van der Waals surface area contributed by atoms with Crippen molar-refractivity contribution in [1.29, 1.82) is 0 Å². The third-order valence-electron chi connectivity index (χ3n) is 2.73. The minimum atomic E-state index is -3.30. The van der Waals surface area contributed by atoms with Crippen LogP contribution >= 0.6 is 0 Å². The van der Waals surface area contributed by atoms with Crippen LogP contribution in [-0.2, 0) is 14.8 Å². The minimum Gasteiger partial charge on any atom is -0.353 e. The van der Waals surface area contributed by atoms with Gasteiger partial charge in [-0.15, -0.1) is 0 Å². The van der Waals surface area contributed by atoms with Crippen molar-refractivity contribution in [3.63, 3.8) is 0 Å². The first-order valence-electron chi connectivity index (χ1n) is 6.00. The van der Waals surface area contributed by atoms with Crippen LogP contribution in [0.15, 0.2) is 0 Å². The fourth-order valence-corrected chi connectivity index (χ4v) is 2.55. The van der Waals surface area contributed by atoms with E-state index in [0.717, 1.165) is 12.7 Å². The van der Waals surface area contributed by atoms with Gasteiger partial charge in [0.25, 0.3) is 0 Å². The Morgan fingerprint density at radius 1 is 1.39 bits per heavy atom. The number of carbonyl (C=O) groups is 1. The van der Waals surface area contributed by atoms with Gasteiger partial charge in [-0.1, -0.05) is 20.3 Å². The highest BCUT2D eigenvalue weighted by Crippen LogP contribution is 2.06. The maximum Gasteiger partial charge on any atom is 0.237 e. The van der Waals surface area contributed by atoms with Gasteiger partial charge in [-0.2, -0.15) is 0 Å². The van der Waals surface area contributed by atoms with Crippen LogP contribution in [0.4, 0.5) is 0 Å². The lowest BCUT2D eigenvalue weighted by atomic mass is 9.99. The molecule has 6 nitrogen and oxygen atoms in total. The molecule has 0 saturated heterocycles. The Hall–Kier alpha value is -0.660. The summed E-state index contributed by atoms with van der Waals surface area (Å²) in [5.41, 5.74) is 5.04. The fourth-order valence-electron chi connectivity index (χ4n) is 1.48. The lowest BCUT2D eigenvalue weighted by molar-refractivity contribution is -0.123. The molecule has 0 fully saturated rings. The first-order valence-corrected chi connectivity index (χ1v) is 7.90. The summed E-state index contributed by atoms with van der Waals surface area (Å²) in [6.45, 7) is 7.46. The number of nitrogens with one attached hydrogen (secondary N) is 2. The Kier molecular flexibility index (Phi) is 6.25. The second-order valence-corrected chi connectivity index (χ2v) is 7.14. The molecule has 0 rings (SSSR count). The highest BCUT2D eigenvalue weighted by Gasteiger charge is 2.25. The van der Waals surface area contributed by atoms with Gasteiger partial charge >= 0.3 is 0 Å². The normalized spacial score (nSPS) is 16.1. The van der Waals surface area contributed by atoms with E-state index in [-0.39, 0.29) is 18.4 Å². The van der Waals surface area contributed by atoms with Gasteiger partial charge in [-0.3, -0.25) is 4.79 Å². The molecule has 0 aromatic rings. The number of hydrogen-bond acceptors (Lipinski definition) is 4. The molecule has 2 atom stereocenters. The molecule has 0 aromatic heterocycles. The van der Waals surface area contributed by atoms with Crippen molar-refractivity contribution < 1.29 is 13.2 Å². The van der Waals surface area contributed by atoms with E-state index in [4.69, 9.17) is 5.73 Å². The fraction of sp³-hybridized carbons (Fsp3) is 0.909. The number of nitrogens with two attached hydrogens (primary N) is 1. The Morgan fingerprint density at radius 3 is 2.28 bits per heavy atom. The molecule has 0 spiro atoms. The third-order valence-corrected chi connectivity index (χ3v) is 3.65. The van der Waals surface area contributed by atoms with Gasteiger partial charge in [-0.25, -0.2) is 13.1 Å². The third kappa shape index (κ3) is 6.93. The van der Waals surface area contributed by atoms with E-state index in [2.05, 4.69) is 10.0 Å². The van der Waals surface area contributed by atoms with Crippen LogP contribution in [0.3, 0.4) is 0 Å². The number of sulfonamides is 1. The van der Waals surface area contributed by atoms with Crippen LogP contribution in [0, 0.1) is 5.92 Å². The Balaban J connectivity index is 4.36. The van der Waals surface area contributed by atoms with Crippen molar-refractivity contribution >= 4 is 15.9 Å². The van der Waals surface area contributed by atoms with Gasteiger partial charge < -0.3 is 11.1 Å². The van der Waals surface area contributed by atoms with Crippen LogP contribution < -0.4 is 15.8 Å². The molecule has 2 unspecified atom stereocenters. The standard InChI is InChI=1S/C11H25N3O3S/c1-6-8(2)9(12)10(15)13-7-11(3,4)14-18(5,16)17/h8-9,14H,6-7,12H2,1-5H3,(H,13,15). The van der Waals surface area contributed by atoms with Crippen LogP contribution in [0.2, 0.25) is 0 Å². The molecule has 18 heavy (non-hydrogen) atoms. The summed E-state index contributed by atoms with van der Waals surface area (Å²) in [6.07, 6.45) is 1.90. The molecule has 0 saturated carbocycles. The first-order chi connectivity index (χ1) is 7.98. The number of carbonyl (C=O) groups excluding carboxylic acids is 1. The second-order valence-electron chi connectivity index (χ2n) is 5.39. The van der Waals surface area contributed by atoms with Crippen LogP contribution in [-0.4, -0.2) is 38.7 Å². The van der Waals surface area contributed by atoms with Gasteiger partial charge in [0.1, 0.15) is 0 Å². The van der Waals surface area contributed by atoms with E-state index >= 15 is 0 Å². The lowest BCUT2D eigenvalue weighted by Gasteiger charge is -2.27. The van der Waals surface area contributed by atoms with E-state index in [1.807, 2.05) is 13.8 Å². The summed E-state index contributed by atoms with van der Waals surface area (Å²) in [4.78, 5) is 11.7. The summed E-state index contributed by atoms with van der Waals surface area (Å²) in [5.74, 6) is -0.163. The largest absolute Gasteiger partial charge is 0.353 e. The molecular weight excluding hydrogens is 254 g/mol. The van der Waals surface area contributed by atoms with Crippen molar-refractivity contribution in [2.24, 2.45) is 11.7 Å². The monoisotopic (exact) mass is 279 g/mol.